The van der Waals surface area contributed by atoms with E-state index in [1.54, 1.807) is 6.20 Å². The van der Waals surface area contributed by atoms with Crippen molar-refractivity contribution in [3.8, 4) is 0 Å². The Morgan fingerprint density at radius 3 is 2.78 bits per heavy atom. The van der Waals surface area contributed by atoms with Gasteiger partial charge in [0.2, 0.25) is 0 Å². The summed E-state index contributed by atoms with van der Waals surface area (Å²) in [5, 5.41) is 13.2. The number of H-pyrrole nitrogens is 1. The van der Waals surface area contributed by atoms with Gasteiger partial charge in [-0.2, -0.15) is 5.10 Å². The molecule has 0 amide bonds. The maximum atomic E-state index is 6.97. The molecule has 4 nitrogen and oxygen atoms in total. The van der Waals surface area contributed by atoms with Crippen LogP contribution in [0.4, 0.5) is 0 Å². The average molecular weight is 189 g/mol. The van der Waals surface area contributed by atoms with Crippen LogP contribution in [0.1, 0.15) is 5.69 Å². The van der Waals surface area contributed by atoms with Crippen LogP contribution >= 0.6 is 15.9 Å². The zero-order chi connectivity index (χ0) is 6.85. The Labute approximate surface area is 60.1 Å². The van der Waals surface area contributed by atoms with Gasteiger partial charge in [0.05, 0.1) is 10.7 Å². The maximum Gasteiger partial charge on any atom is 0.142 e. The predicted octanol–water partition coefficient (Wildman–Crippen LogP) is 0.456. The highest BCUT2D eigenvalue weighted by molar-refractivity contribution is 9.10. The van der Waals surface area contributed by atoms with Gasteiger partial charge >= 0.3 is 0 Å². The molecule has 0 radical (unpaired) electrons. The van der Waals surface area contributed by atoms with Gasteiger partial charge in [-0.1, -0.05) is 0 Å². The molecule has 0 spiro atoms. The Hall–Kier alpha value is -0.840. The van der Waals surface area contributed by atoms with E-state index >= 15 is 0 Å². The van der Waals surface area contributed by atoms with E-state index in [1.165, 1.54) is 0 Å². The third kappa shape index (κ3) is 1.10. The molecule has 1 aromatic rings. The number of hydrogen-bond donors (Lipinski definition) is 3. The van der Waals surface area contributed by atoms with E-state index in [9.17, 15) is 0 Å². The number of nitrogen functional groups attached to an aromatic ring is 1. The largest absolute Gasteiger partial charge is 0.382 e. The summed E-state index contributed by atoms with van der Waals surface area (Å²) in [5.74, 6) is -0.0145. The molecule has 4 N–H and O–H groups in total. The normalized spacial score (nSPS) is 9.44. The van der Waals surface area contributed by atoms with Crippen molar-refractivity contribution >= 4 is 21.8 Å². The fourth-order valence-electron chi connectivity index (χ4n) is 0.460. The van der Waals surface area contributed by atoms with Crippen LogP contribution in [0.25, 0.3) is 0 Å². The number of nitrogens with zero attached hydrogens (tertiary/aromatic N) is 1. The molecule has 0 aliphatic heterocycles. The van der Waals surface area contributed by atoms with Crippen LogP contribution in [-0.2, 0) is 0 Å². The molecule has 48 valence electrons. The highest BCUT2D eigenvalue weighted by Gasteiger charge is 2.02. The predicted molar refractivity (Wildman–Crippen MR) is 37.3 cm³/mol. The summed E-state index contributed by atoms with van der Waals surface area (Å²) < 4.78 is 0.718. The number of nitrogens with one attached hydrogen (secondary N) is 2. The number of nitrogens with two attached hydrogens (primary N) is 1. The van der Waals surface area contributed by atoms with Gasteiger partial charge in [0.25, 0.3) is 0 Å². The monoisotopic (exact) mass is 188 g/mol. The molecule has 0 saturated heterocycles. The number of aromatic amines is 1. The molecule has 1 heterocycles. The molecule has 5 heteroatoms. The fraction of sp³-hybridized carbons (Fsp3) is 0. The minimum atomic E-state index is -0.0145. The Morgan fingerprint density at radius 2 is 2.56 bits per heavy atom. The van der Waals surface area contributed by atoms with Gasteiger partial charge in [-0.25, -0.2) is 0 Å². The van der Waals surface area contributed by atoms with Crippen molar-refractivity contribution in [1.82, 2.24) is 10.2 Å². The standard InChI is InChI=1S/C4H5BrN4/c5-2-1-8-9-3(2)4(6)7/h1H,(H3,6,7)(H,8,9). The number of amidine groups is 1. The van der Waals surface area contributed by atoms with Gasteiger partial charge in [-0.3, -0.25) is 10.5 Å². The summed E-state index contributed by atoms with van der Waals surface area (Å²) in [7, 11) is 0. The van der Waals surface area contributed by atoms with E-state index in [1.807, 2.05) is 0 Å². The van der Waals surface area contributed by atoms with E-state index in [0.717, 1.165) is 4.47 Å². The molecule has 0 aromatic carbocycles. The first-order valence-corrected chi connectivity index (χ1v) is 3.04. The van der Waals surface area contributed by atoms with Crippen molar-refractivity contribution in [1.29, 1.82) is 5.41 Å². The summed E-state index contributed by atoms with van der Waals surface area (Å²) >= 11 is 3.15. The summed E-state index contributed by atoms with van der Waals surface area (Å²) in [6.07, 6.45) is 1.55. The van der Waals surface area contributed by atoms with E-state index in [0.29, 0.717) is 5.69 Å². The molecule has 0 aliphatic carbocycles. The Kier molecular flexibility index (Phi) is 1.52. The lowest BCUT2D eigenvalue weighted by atomic mass is 10.4. The van der Waals surface area contributed by atoms with Gasteiger partial charge in [0, 0.05) is 0 Å². The Morgan fingerprint density at radius 1 is 1.89 bits per heavy atom. The third-order valence-electron chi connectivity index (χ3n) is 0.862. The summed E-state index contributed by atoms with van der Waals surface area (Å²) in [6.45, 7) is 0. The minimum absolute atomic E-state index is 0.0145. The second-order valence-electron chi connectivity index (χ2n) is 1.51. The Balaban J connectivity index is 3.08. The second-order valence-corrected chi connectivity index (χ2v) is 2.36. The fourth-order valence-corrected chi connectivity index (χ4v) is 0.865. The molecule has 0 atom stereocenters. The minimum Gasteiger partial charge on any atom is -0.382 e. The summed E-state index contributed by atoms with van der Waals surface area (Å²) in [4.78, 5) is 0. The van der Waals surface area contributed by atoms with Crippen LogP contribution in [0.2, 0.25) is 0 Å². The molecule has 9 heavy (non-hydrogen) atoms. The zero-order valence-corrected chi connectivity index (χ0v) is 6.07. The van der Waals surface area contributed by atoms with Crippen LogP contribution in [0.15, 0.2) is 10.7 Å². The maximum absolute atomic E-state index is 6.97. The van der Waals surface area contributed by atoms with Gasteiger partial charge in [0.1, 0.15) is 11.5 Å². The van der Waals surface area contributed by atoms with E-state index < -0.39 is 0 Å². The highest BCUT2D eigenvalue weighted by Crippen LogP contribution is 2.10. The molecule has 0 unspecified atom stereocenters. The van der Waals surface area contributed by atoms with Crippen LogP contribution in [-0.4, -0.2) is 16.0 Å². The topological polar surface area (TPSA) is 78.5 Å². The number of rotatable bonds is 1. The number of hydrogen-bond acceptors (Lipinski definition) is 2. The molecular formula is C4H5BrN4. The van der Waals surface area contributed by atoms with Crippen molar-refractivity contribution in [3.63, 3.8) is 0 Å². The summed E-state index contributed by atoms with van der Waals surface area (Å²) in [6, 6.07) is 0. The second kappa shape index (κ2) is 2.18. The molecule has 0 bridgehead atoms. The van der Waals surface area contributed by atoms with E-state index in [-0.39, 0.29) is 5.84 Å². The smallest absolute Gasteiger partial charge is 0.142 e. The first kappa shape index (κ1) is 6.28. The average Bonchev–Trinajstić information content (AvgIpc) is 2.13. The van der Waals surface area contributed by atoms with Gasteiger partial charge in [-0.15, -0.1) is 0 Å². The van der Waals surface area contributed by atoms with Crippen molar-refractivity contribution < 1.29 is 0 Å². The lowest BCUT2D eigenvalue weighted by molar-refractivity contribution is 1.07. The number of aromatic nitrogens is 2. The lowest BCUT2D eigenvalue weighted by Crippen LogP contribution is -2.11. The summed E-state index contributed by atoms with van der Waals surface area (Å²) in [5.41, 5.74) is 5.66. The lowest BCUT2D eigenvalue weighted by Gasteiger charge is -1.89. The molecule has 0 aliphatic rings. The highest BCUT2D eigenvalue weighted by atomic mass is 79.9. The molecule has 0 saturated carbocycles. The van der Waals surface area contributed by atoms with Crippen molar-refractivity contribution in [2.75, 3.05) is 0 Å². The van der Waals surface area contributed by atoms with E-state index in [2.05, 4.69) is 26.1 Å². The van der Waals surface area contributed by atoms with E-state index in [4.69, 9.17) is 11.1 Å². The molecule has 0 fully saturated rings. The number of halogens is 1. The SMILES string of the molecule is N=C(N)c1[nH]ncc1Br. The van der Waals surface area contributed by atoms with Gasteiger partial charge < -0.3 is 5.73 Å². The Bertz CT molecular complexity index is 228. The molecule has 1 aromatic heterocycles. The zero-order valence-electron chi connectivity index (χ0n) is 4.48. The van der Waals surface area contributed by atoms with Gasteiger partial charge in [0.15, 0.2) is 0 Å². The van der Waals surface area contributed by atoms with Crippen LogP contribution < -0.4 is 5.73 Å². The van der Waals surface area contributed by atoms with Crippen molar-refractivity contribution in [2.45, 2.75) is 0 Å². The van der Waals surface area contributed by atoms with Crippen LogP contribution in [0.3, 0.4) is 0 Å². The molecular weight excluding hydrogens is 184 g/mol. The van der Waals surface area contributed by atoms with Crippen molar-refractivity contribution in [2.24, 2.45) is 5.73 Å². The molecule has 1 rings (SSSR count). The van der Waals surface area contributed by atoms with Crippen molar-refractivity contribution in [3.05, 3.63) is 16.4 Å². The van der Waals surface area contributed by atoms with Crippen LogP contribution in [0.5, 0.6) is 0 Å². The first-order chi connectivity index (χ1) is 4.22. The first-order valence-electron chi connectivity index (χ1n) is 2.25. The van der Waals surface area contributed by atoms with Gasteiger partial charge in [-0.05, 0) is 15.9 Å². The third-order valence-corrected chi connectivity index (χ3v) is 1.46. The van der Waals surface area contributed by atoms with Crippen LogP contribution in [0, 0.1) is 5.41 Å². The quantitative estimate of drug-likeness (QED) is 0.443.